The smallest absolute Gasteiger partial charge is 0.318 e. The number of carbonyl (C=O) groups is 1. The Balaban J connectivity index is 1.40. The number of benzene rings is 1. The number of rotatable bonds is 6. The van der Waals surface area contributed by atoms with Gasteiger partial charge in [0.2, 0.25) is 10.0 Å². The molecule has 168 valence electrons. The van der Waals surface area contributed by atoms with Gasteiger partial charge in [-0.2, -0.15) is 0 Å². The molecule has 1 N–H and O–H groups in total. The largest absolute Gasteiger partial charge is 0.338 e. The van der Waals surface area contributed by atoms with E-state index in [9.17, 15) is 13.2 Å². The third-order valence-corrected chi connectivity index (χ3v) is 7.45. The number of carbonyl (C=O) groups excluding carboxylic acids is 1. The van der Waals surface area contributed by atoms with Gasteiger partial charge in [0, 0.05) is 37.1 Å². The van der Waals surface area contributed by atoms with E-state index in [1.807, 2.05) is 36.1 Å². The molecule has 2 aliphatic rings. The number of aromatic nitrogens is 3. The van der Waals surface area contributed by atoms with E-state index >= 15 is 0 Å². The van der Waals surface area contributed by atoms with Gasteiger partial charge in [-0.15, -0.1) is 10.2 Å². The molecule has 2 amide bonds. The van der Waals surface area contributed by atoms with Crippen molar-refractivity contribution in [3.05, 3.63) is 46.5 Å². The minimum Gasteiger partial charge on any atom is -0.338 e. The van der Waals surface area contributed by atoms with Crippen LogP contribution in [0.1, 0.15) is 36.1 Å². The van der Waals surface area contributed by atoms with Crippen LogP contribution in [-0.2, 0) is 16.6 Å². The van der Waals surface area contributed by atoms with E-state index in [-0.39, 0.29) is 18.0 Å². The number of urea groups is 1. The molecule has 31 heavy (non-hydrogen) atoms. The van der Waals surface area contributed by atoms with E-state index < -0.39 is 10.0 Å². The van der Waals surface area contributed by atoms with E-state index in [0.717, 1.165) is 30.1 Å². The molecule has 1 aromatic heterocycles. The zero-order valence-corrected chi connectivity index (χ0v) is 19.2. The molecule has 1 atom stereocenters. The molecule has 3 heterocycles. The van der Waals surface area contributed by atoms with Gasteiger partial charge in [-0.05, 0) is 37.5 Å². The molecule has 11 heteroatoms. The van der Waals surface area contributed by atoms with Gasteiger partial charge >= 0.3 is 6.03 Å². The summed E-state index contributed by atoms with van der Waals surface area (Å²) < 4.78 is 26.5. The molecule has 0 spiro atoms. The number of amides is 2. The van der Waals surface area contributed by atoms with E-state index in [0.29, 0.717) is 37.7 Å². The second kappa shape index (κ2) is 8.76. The predicted molar refractivity (Wildman–Crippen MR) is 117 cm³/mol. The lowest BCUT2D eigenvalue weighted by molar-refractivity contribution is 0.171. The van der Waals surface area contributed by atoms with Crippen LogP contribution in [-0.4, -0.2) is 70.9 Å². The van der Waals surface area contributed by atoms with Gasteiger partial charge in [0.25, 0.3) is 0 Å². The summed E-state index contributed by atoms with van der Waals surface area (Å²) in [5.74, 6) is 1.73. The quantitative estimate of drug-likeness (QED) is 0.702. The summed E-state index contributed by atoms with van der Waals surface area (Å²) in [4.78, 5) is 14.7. The molecule has 0 aliphatic carbocycles. The number of hydrogen-bond acceptors (Lipinski definition) is 5. The summed E-state index contributed by atoms with van der Waals surface area (Å²) in [7, 11) is -3.14. The molecule has 2 aromatic rings. The van der Waals surface area contributed by atoms with Crippen LogP contribution in [0.2, 0.25) is 5.02 Å². The van der Waals surface area contributed by atoms with Crippen LogP contribution >= 0.6 is 11.6 Å². The van der Waals surface area contributed by atoms with Crippen molar-refractivity contribution in [2.24, 2.45) is 5.92 Å². The van der Waals surface area contributed by atoms with Crippen LogP contribution in [0, 0.1) is 12.8 Å². The molecule has 0 bridgehead atoms. The van der Waals surface area contributed by atoms with Crippen molar-refractivity contribution in [2.45, 2.75) is 32.4 Å². The summed E-state index contributed by atoms with van der Waals surface area (Å²) >= 11 is 6.00. The fraction of sp³-hybridized carbons (Fsp3) is 0.550. The summed E-state index contributed by atoms with van der Waals surface area (Å²) in [5, 5.41) is 12.3. The molecule has 2 saturated heterocycles. The summed E-state index contributed by atoms with van der Waals surface area (Å²) in [6.45, 7) is 4.55. The van der Waals surface area contributed by atoms with Crippen LogP contribution in [0.25, 0.3) is 0 Å². The third-order valence-electron chi connectivity index (χ3n) is 5.96. The molecule has 9 nitrogen and oxygen atoms in total. The maximum atomic E-state index is 12.9. The number of nitrogens with one attached hydrogen (secondary N) is 1. The van der Waals surface area contributed by atoms with Crippen molar-refractivity contribution in [3.8, 4) is 0 Å². The molecule has 2 fully saturated rings. The van der Waals surface area contributed by atoms with E-state index in [1.54, 1.807) is 0 Å². The Hall–Kier alpha value is -2.17. The summed E-state index contributed by atoms with van der Waals surface area (Å²) in [6.07, 6.45) is 2.94. The van der Waals surface area contributed by atoms with Gasteiger partial charge in [0.15, 0.2) is 5.82 Å². The summed E-state index contributed by atoms with van der Waals surface area (Å²) in [5.41, 5.74) is 1.09. The minimum absolute atomic E-state index is 0.137. The Bertz CT molecular complexity index is 1050. The summed E-state index contributed by atoms with van der Waals surface area (Å²) in [6, 6.07) is 7.39. The highest BCUT2D eigenvalue weighted by atomic mass is 35.5. The number of sulfonamides is 1. The monoisotopic (exact) mass is 466 g/mol. The first-order valence-corrected chi connectivity index (χ1v) is 12.6. The van der Waals surface area contributed by atoms with Gasteiger partial charge in [0.05, 0.1) is 18.8 Å². The first-order valence-electron chi connectivity index (χ1n) is 10.4. The first-order chi connectivity index (χ1) is 14.7. The Morgan fingerprint density at radius 1 is 1.23 bits per heavy atom. The van der Waals surface area contributed by atoms with Gasteiger partial charge in [-0.3, -0.25) is 0 Å². The standard InChI is InChI=1S/C20H27ClN6O3S/c1-14-23-24-19(27(14)13-15-5-7-17(21)8-6-15)18-4-3-9-26(18)20(28)22-10-16-11-25(12-16)31(2,29)30/h5-8,16,18H,3-4,9-13H2,1-2H3,(H,22,28)/t18-/m1/s1. The number of likely N-dealkylation sites (tertiary alicyclic amines) is 1. The highest BCUT2D eigenvalue weighted by Crippen LogP contribution is 2.31. The highest BCUT2D eigenvalue weighted by Gasteiger charge is 2.36. The van der Waals surface area contributed by atoms with Gasteiger partial charge in [-0.1, -0.05) is 23.7 Å². The van der Waals surface area contributed by atoms with E-state index in [1.165, 1.54) is 10.6 Å². The molecular weight excluding hydrogens is 440 g/mol. The van der Waals surface area contributed by atoms with Gasteiger partial charge < -0.3 is 14.8 Å². The molecular formula is C20H27ClN6O3S. The van der Waals surface area contributed by atoms with Crippen LogP contribution in [0.5, 0.6) is 0 Å². The maximum absolute atomic E-state index is 12.9. The lowest BCUT2D eigenvalue weighted by atomic mass is 10.0. The third kappa shape index (κ3) is 4.86. The molecule has 4 rings (SSSR count). The predicted octanol–water partition coefficient (Wildman–Crippen LogP) is 2.03. The van der Waals surface area contributed by atoms with Gasteiger partial charge in [0.1, 0.15) is 5.82 Å². The number of hydrogen-bond donors (Lipinski definition) is 1. The van der Waals surface area contributed by atoms with Gasteiger partial charge in [-0.25, -0.2) is 17.5 Å². The topological polar surface area (TPSA) is 100 Å². The number of aryl methyl sites for hydroxylation is 1. The van der Waals surface area contributed by atoms with Crippen molar-refractivity contribution in [1.82, 2.24) is 29.3 Å². The van der Waals surface area contributed by atoms with E-state index in [2.05, 4.69) is 20.1 Å². The number of halogens is 1. The molecule has 1 aromatic carbocycles. The average molecular weight is 467 g/mol. The Labute approximate surface area is 187 Å². The normalized spacial score (nSPS) is 20.1. The maximum Gasteiger partial charge on any atom is 0.318 e. The zero-order valence-electron chi connectivity index (χ0n) is 17.7. The van der Waals surface area contributed by atoms with Crippen molar-refractivity contribution < 1.29 is 13.2 Å². The molecule has 0 unspecified atom stereocenters. The van der Waals surface area contributed by atoms with Crippen molar-refractivity contribution in [2.75, 3.05) is 32.4 Å². The Morgan fingerprint density at radius 3 is 2.61 bits per heavy atom. The second-order valence-electron chi connectivity index (χ2n) is 8.30. The van der Waals surface area contributed by atoms with Crippen molar-refractivity contribution in [1.29, 1.82) is 0 Å². The van der Waals surface area contributed by atoms with Crippen LogP contribution in [0.3, 0.4) is 0 Å². The van der Waals surface area contributed by atoms with Crippen molar-refractivity contribution in [3.63, 3.8) is 0 Å². The van der Waals surface area contributed by atoms with Crippen LogP contribution in [0.15, 0.2) is 24.3 Å². The Morgan fingerprint density at radius 2 is 1.94 bits per heavy atom. The first kappa shape index (κ1) is 22.0. The second-order valence-corrected chi connectivity index (χ2v) is 10.7. The van der Waals surface area contributed by atoms with E-state index in [4.69, 9.17) is 11.6 Å². The fourth-order valence-electron chi connectivity index (χ4n) is 4.15. The Kier molecular flexibility index (Phi) is 6.23. The lowest BCUT2D eigenvalue weighted by Crippen LogP contribution is -2.54. The fourth-order valence-corrected chi connectivity index (χ4v) is 5.23. The van der Waals surface area contributed by atoms with Crippen LogP contribution < -0.4 is 5.32 Å². The SMILES string of the molecule is Cc1nnc([C@H]2CCCN2C(=O)NCC2CN(S(C)(=O)=O)C2)n1Cc1ccc(Cl)cc1. The molecule has 0 radical (unpaired) electrons. The highest BCUT2D eigenvalue weighted by molar-refractivity contribution is 7.88. The lowest BCUT2D eigenvalue weighted by Gasteiger charge is -2.37. The zero-order chi connectivity index (χ0) is 22.2. The average Bonchev–Trinajstić information content (AvgIpc) is 3.28. The van der Waals surface area contributed by atoms with Crippen molar-refractivity contribution >= 4 is 27.7 Å². The van der Waals surface area contributed by atoms with Crippen LogP contribution in [0.4, 0.5) is 4.79 Å². The molecule has 0 saturated carbocycles. The molecule has 2 aliphatic heterocycles. The number of nitrogens with zero attached hydrogens (tertiary/aromatic N) is 5. The minimum atomic E-state index is -3.14.